The Morgan fingerprint density at radius 2 is 2.11 bits per heavy atom. The number of nitrogens with zero attached hydrogens (tertiary/aromatic N) is 1. The molecule has 1 N–H and O–H groups in total. The summed E-state index contributed by atoms with van der Waals surface area (Å²) in [5.41, 5.74) is 3.49. The van der Waals surface area contributed by atoms with E-state index < -0.39 is 5.60 Å². The Bertz CT molecular complexity index is 596. The Morgan fingerprint density at radius 3 is 2.78 bits per heavy atom. The van der Waals surface area contributed by atoms with Crippen LogP contribution in [-0.4, -0.2) is 4.98 Å². The monoisotopic (exact) mass is 322 g/mol. The molecule has 0 aliphatic carbocycles. The molecule has 0 saturated heterocycles. The third kappa shape index (κ3) is 2.09. The fourth-order valence-electron chi connectivity index (χ4n) is 1.79. The fourth-order valence-corrected chi connectivity index (χ4v) is 3.29. The van der Waals surface area contributed by atoms with E-state index in [0.717, 1.165) is 20.1 Å². The van der Waals surface area contributed by atoms with Gasteiger partial charge in [-0.1, -0.05) is 30.3 Å². The lowest BCUT2D eigenvalue weighted by molar-refractivity contribution is -0.0266. The molecule has 0 saturated carbocycles. The van der Waals surface area contributed by atoms with Crippen LogP contribution in [0.2, 0.25) is 0 Å². The topological polar surface area (TPSA) is 34.2 Å². The van der Waals surface area contributed by atoms with Gasteiger partial charge in [0, 0.05) is 11.8 Å². The standard InChI is InChI=1S/C13H11BrN2OS/c1-13(7-11(14)16-17-13)10-8-15-12(18-10)9-5-3-2-4-6-9/h2-8,16H,1H3/t13-/m0/s1. The van der Waals surface area contributed by atoms with E-state index in [-0.39, 0.29) is 0 Å². The van der Waals surface area contributed by atoms with Crippen molar-refractivity contribution in [2.24, 2.45) is 0 Å². The molecular formula is C13H11BrN2OS. The molecule has 3 rings (SSSR count). The number of hydrogen-bond donors (Lipinski definition) is 1. The molecule has 0 fully saturated rings. The van der Waals surface area contributed by atoms with E-state index >= 15 is 0 Å². The molecule has 0 spiro atoms. The Hall–Kier alpha value is -1.17. The van der Waals surface area contributed by atoms with Crippen LogP contribution in [0, 0.1) is 0 Å². The SMILES string of the molecule is C[C@@]1(c2cnc(-c3ccccc3)s2)C=C(Br)NO1. The maximum Gasteiger partial charge on any atom is 0.150 e. The van der Waals surface area contributed by atoms with Crippen molar-refractivity contribution in [3.63, 3.8) is 0 Å². The molecule has 2 aromatic rings. The molecule has 1 aliphatic heterocycles. The Kier molecular flexibility index (Phi) is 2.97. The summed E-state index contributed by atoms with van der Waals surface area (Å²) in [5, 5.41) is 1.01. The smallest absolute Gasteiger partial charge is 0.150 e. The minimum absolute atomic E-state index is 0.455. The second kappa shape index (κ2) is 4.50. The Labute approximate surface area is 118 Å². The summed E-state index contributed by atoms with van der Waals surface area (Å²) in [5.74, 6) is 0. The van der Waals surface area contributed by atoms with Crippen LogP contribution in [0.5, 0.6) is 0 Å². The van der Waals surface area contributed by atoms with Gasteiger partial charge in [-0.25, -0.2) is 4.98 Å². The zero-order valence-corrected chi connectivity index (χ0v) is 12.1. The maximum absolute atomic E-state index is 5.57. The van der Waals surface area contributed by atoms with Gasteiger partial charge in [-0.3, -0.25) is 10.3 Å². The molecule has 0 amide bonds. The molecule has 18 heavy (non-hydrogen) atoms. The molecule has 1 aromatic heterocycles. The first-order valence-electron chi connectivity index (χ1n) is 5.51. The van der Waals surface area contributed by atoms with E-state index in [0.29, 0.717) is 0 Å². The van der Waals surface area contributed by atoms with Crippen LogP contribution in [-0.2, 0) is 10.4 Å². The largest absolute Gasteiger partial charge is 0.259 e. The van der Waals surface area contributed by atoms with E-state index in [1.54, 1.807) is 11.3 Å². The first-order chi connectivity index (χ1) is 8.67. The number of aromatic nitrogens is 1. The predicted octanol–water partition coefficient (Wildman–Crippen LogP) is 3.80. The van der Waals surface area contributed by atoms with E-state index in [1.807, 2.05) is 37.4 Å². The van der Waals surface area contributed by atoms with E-state index in [1.165, 1.54) is 0 Å². The van der Waals surface area contributed by atoms with Crippen LogP contribution in [0.15, 0.2) is 47.2 Å². The van der Waals surface area contributed by atoms with Crippen molar-refractivity contribution in [1.82, 2.24) is 10.5 Å². The molecule has 0 unspecified atom stereocenters. The van der Waals surface area contributed by atoms with Crippen LogP contribution < -0.4 is 5.48 Å². The van der Waals surface area contributed by atoms with E-state index in [9.17, 15) is 0 Å². The van der Waals surface area contributed by atoms with Crippen molar-refractivity contribution < 1.29 is 4.84 Å². The molecule has 1 atom stereocenters. The second-order valence-electron chi connectivity index (χ2n) is 4.20. The lowest BCUT2D eigenvalue weighted by Crippen LogP contribution is -2.21. The number of rotatable bonds is 2. The number of benzene rings is 1. The highest BCUT2D eigenvalue weighted by atomic mass is 79.9. The summed E-state index contributed by atoms with van der Waals surface area (Å²) in [7, 11) is 0. The molecule has 92 valence electrons. The van der Waals surface area contributed by atoms with Gasteiger partial charge in [-0.2, -0.15) is 0 Å². The first-order valence-corrected chi connectivity index (χ1v) is 7.12. The average molecular weight is 323 g/mol. The van der Waals surface area contributed by atoms with Crippen LogP contribution in [0.25, 0.3) is 10.6 Å². The van der Waals surface area contributed by atoms with Crippen molar-refractivity contribution in [3.05, 3.63) is 52.1 Å². The zero-order chi connectivity index (χ0) is 12.6. The quantitative estimate of drug-likeness (QED) is 0.854. The summed E-state index contributed by atoms with van der Waals surface area (Å²) < 4.78 is 0.847. The minimum atomic E-state index is -0.455. The summed E-state index contributed by atoms with van der Waals surface area (Å²) >= 11 is 5.01. The Morgan fingerprint density at radius 1 is 1.33 bits per heavy atom. The van der Waals surface area contributed by atoms with Crippen LogP contribution in [0.4, 0.5) is 0 Å². The van der Waals surface area contributed by atoms with Gasteiger partial charge in [0.25, 0.3) is 0 Å². The summed E-state index contributed by atoms with van der Waals surface area (Å²) in [6, 6.07) is 10.2. The first kappa shape index (κ1) is 11.9. The maximum atomic E-state index is 5.57. The van der Waals surface area contributed by atoms with Gasteiger partial charge >= 0.3 is 0 Å². The molecule has 3 nitrogen and oxygen atoms in total. The van der Waals surface area contributed by atoms with Gasteiger partial charge in [-0.05, 0) is 28.9 Å². The number of nitrogens with one attached hydrogen (secondary N) is 1. The second-order valence-corrected chi connectivity index (χ2v) is 6.08. The third-order valence-corrected chi connectivity index (χ3v) is 4.43. The molecule has 0 bridgehead atoms. The summed E-state index contributed by atoms with van der Waals surface area (Å²) in [6.45, 7) is 2.01. The normalized spacial score (nSPS) is 22.7. The van der Waals surface area contributed by atoms with Crippen molar-refractivity contribution >= 4 is 27.3 Å². The van der Waals surface area contributed by atoms with Gasteiger partial charge in [0.05, 0.1) is 4.88 Å². The highest BCUT2D eigenvalue weighted by Crippen LogP contribution is 2.38. The highest BCUT2D eigenvalue weighted by molar-refractivity contribution is 9.11. The molecule has 1 aliphatic rings. The van der Waals surface area contributed by atoms with Gasteiger partial charge in [0.1, 0.15) is 15.2 Å². The average Bonchev–Trinajstić information content (AvgIpc) is 2.99. The van der Waals surface area contributed by atoms with Gasteiger partial charge in [0.2, 0.25) is 0 Å². The molecule has 0 radical (unpaired) electrons. The molecule has 2 heterocycles. The third-order valence-electron chi connectivity index (χ3n) is 2.78. The highest BCUT2D eigenvalue weighted by Gasteiger charge is 2.33. The lowest BCUT2D eigenvalue weighted by atomic mass is 10.1. The van der Waals surface area contributed by atoms with Gasteiger partial charge < -0.3 is 0 Å². The van der Waals surface area contributed by atoms with Crippen molar-refractivity contribution in [2.45, 2.75) is 12.5 Å². The van der Waals surface area contributed by atoms with Crippen molar-refractivity contribution in [2.75, 3.05) is 0 Å². The number of hydrogen-bond acceptors (Lipinski definition) is 4. The number of hydroxylamine groups is 1. The summed E-state index contributed by atoms with van der Waals surface area (Å²) in [6.07, 6.45) is 3.87. The van der Waals surface area contributed by atoms with Gasteiger partial charge in [-0.15, -0.1) is 11.3 Å². The van der Waals surface area contributed by atoms with E-state index in [4.69, 9.17) is 4.84 Å². The number of halogens is 1. The lowest BCUT2D eigenvalue weighted by Gasteiger charge is -2.17. The van der Waals surface area contributed by atoms with Crippen LogP contribution in [0.3, 0.4) is 0 Å². The zero-order valence-electron chi connectivity index (χ0n) is 9.68. The van der Waals surface area contributed by atoms with E-state index in [2.05, 4.69) is 38.5 Å². The minimum Gasteiger partial charge on any atom is -0.259 e. The predicted molar refractivity (Wildman–Crippen MR) is 76.1 cm³/mol. The number of thiazole rings is 1. The summed E-state index contributed by atoms with van der Waals surface area (Å²) in [4.78, 5) is 11.1. The van der Waals surface area contributed by atoms with Crippen LogP contribution >= 0.6 is 27.3 Å². The van der Waals surface area contributed by atoms with Crippen LogP contribution in [0.1, 0.15) is 11.8 Å². The fraction of sp³-hybridized carbons (Fsp3) is 0.154. The molecule has 5 heteroatoms. The van der Waals surface area contributed by atoms with Gasteiger partial charge in [0.15, 0.2) is 0 Å². The van der Waals surface area contributed by atoms with Crippen molar-refractivity contribution in [1.29, 1.82) is 0 Å². The van der Waals surface area contributed by atoms with Crippen molar-refractivity contribution in [3.8, 4) is 10.6 Å². The Balaban J connectivity index is 1.96. The molecule has 1 aromatic carbocycles. The molecular weight excluding hydrogens is 312 g/mol.